The molecule has 3 aromatic heterocycles. The molecule has 0 fully saturated rings. The topological polar surface area (TPSA) is 64.7 Å². The number of benzene rings is 1. The summed E-state index contributed by atoms with van der Waals surface area (Å²) in [6.45, 7) is 2.11. The first kappa shape index (κ1) is 14.8. The van der Waals surface area contributed by atoms with Crippen molar-refractivity contribution in [1.82, 2.24) is 15.0 Å². The average molecular weight is 346 g/mol. The van der Waals surface area contributed by atoms with E-state index in [-0.39, 0.29) is 0 Å². The van der Waals surface area contributed by atoms with Crippen LogP contribution in [0.2, 0.25) is 0 Å². The summed E-state index contributed by atoms with van der Waals surface area (Å²) in [5.41, 5.74) is 13.5. The first-order chi connectivity index (χ1) is 12.2. The quantitative estimate of drug-likeness (QED) is 0.544. The largest absolute Gasteiger partial charge is 0.382 e. The maximum absolute atomic E-state index is 6.09. The van der Waals surface area contributed by atoms with Crippen molar-refractivity contribution in [3.05, 3.63) is 47.3 Å². The number of anilines is 1. The molecule has 0 saturated heterocycles. The van der Waals surface area contributed by atoms with E-state index in [0.717, 1.165) is 33.6 Å². The van der Waals surface area contributed by atoms with Crippen molar-refractivity contribution in [2.75, 3.05) is 5.73 Å². The number of rotatable bonds is 1. The molecule has 5 heteroatoms. The SMILES string of the molecule is Cc1ccc(-c2nc3sc4c(N)ncnc4c3c3c2CCCC3)cc1. The smallest absolute Gasteiger partial charge is 0.144 e. The van der Waals surface area contributed by atoms with Gasteiger partial charge in [-0.1, -0.05) is 29.8 Å². The number of hydrogen-bond acceptors (Lipinski definition) is 5. The summed E-state index contributed by atoms with van der Waals surface area (Å²) < 4.78 is 0.957. The van der Waals surface area contributed by atoms with Crippen molar-refractivity contribution < 1.29 is 0 Å². The van der Waals surface area contributed by atoms with Crippen LogP contribution >= 0.6 is 11.3 Å². The fourth-order valence-electron chi connectivity index (χ4n) is 3.83. The summed E-state index contributed by atoms with van der Waals surface area (Å²) in [4.78, 5) is 14.8. The maximum atomic E-state index is 6.09. The highest BCUT2D eigenvalue weighted by molar-refractivity contribution is 7.26. The lowest BCUT2D eigenvalue weighted by molar-refractivity contribution is 0.689. The van der Waals surface area contributed by atoms with Gasteiger partial charge in [-0.3, -0.25) is 0 Å². The second-order valence-corrected chi connectivity index (χ2v) is 7.71. The van der Waals surface area contributed by atoms with Gasteiger partial charge < -0.3 is 5.73 Å². The highest BCUT2D eigenvalue weighted by atomic mass is 32.1. The van der Waals surface area contributed by atoms with E-state index >= 15 is 0 Å². The van der Waals surface area contributed by atoms with Crippen LogP contribution in [0.5, 0.6) is 0 Å². The third-order valence-electron chi connectivity index (χ3n) is 5.07. The third kappa shape index (κ3) is 2.23. The van der Waals surface area contributed by atoms with Gasteiger partial charge in [-0.25, -0.2) is 15.0 Å². The zero-order valence-electron chi connectivity index (χ0n) is 14.0. The van der Waals surface area contributed by atoms with Crippen LogP contribution in [0.4, 0.5) is 5.82 Å². The minimum absolute atomic E-state index is 0.550. The van der Waals surface area contributed by atoms with Crippen LogP contribution in [-0.4, -0.2) is 15.0 Å². The molecule has 2 N–H and O–H groups in total. The lowest BCUT2D eigenvalue weighted by Gasteiger charge is -2.20. The van der Waals surface area contributed by atoms with Gasteiger partial charge in [0.05, 0.1) is 15.9 Å². The number of pyridine rings is 1. The lowest BCUT2D eigenvalue weighted by atomic mass is 9.87. The summed E-state index contributed by atoms with van der Waals surface area (Å²) in [6, 6.07) is 8.68. The van der Waals surface area contributed by atoms with Gasteiger partial charge in [0, 0.05) is 10.9 Å². The van der Waals surface area contributed by atoms with Crippen molar-refractivity contribution in [3.8, 4) is 11.3 Å². The minimum atomic E-state index is 0.550. The summed E-state index contributed by atoms with van der Waals surface area (Å²) in [6.07, 6.45) is 6.17. The molecule has 124 valence electrons. The fourth-order valence-corrected chi connectivity index (χ4v) is 4.89. The molecule has 0 amide bonds. The monoisotopic (exact) mass is 346 g/mol. The van der Waals surface area contributed by atoms with Gasteiger partial charge in [-0.2, -0.15) is 0 Å². The average Bonchev–Trinajstić information content (AvgIpc) is 3.02. The van der Waals surface area contributed by atoms with E-state index in [0.29, 0.717) is 5.82 Å². The van der Waals surface area contributed by atoms with E-state index < -0.39 is 0 Å². The Morgan fingerprint density at radius 1 is 1.00 bits per heavy atom. The number of fused-ring (bicyclic) bond motifs is 5. The van der Waals surface area contributed by atoms with Crippen molar-refractivity contribution in [1.29, 1.82) is 0 Å². The van der Waals surface area contributed by atoms with E-state index in [4.69, 9.17) is 10.7 Å². The van der Waals surface area contributed by atoms with E-state index in [9.17, 15) is 0 Å². The van der Waals surface area contributed by atoms with Crippen LogP contribution in [0.3, 0.4) is 0 Å². The molecule has 0 spiro atoms. The molecule has 0 aliphatic heterocycles. The molecule has 0 radical (unpaired) electrons. The number of nitrogens with two attached hydrogens (primary N) is 1. The van der Waals surface area contributed by atoms with Gasteiger partial charge in [-0.15, -0.1) is 11.3 Å². The van der Waals surface area contributed by atoms with Crippen molar-refractivity contribution >= 4 is 37.6 Å². The Hall–Kier alpha value is -2.53. The van der Waals surface area contributed by atoms with E-state index in [1.54, 1.807) is 17.7 Å². The Labute approximate surface area is 149 Å². The van der Waals surface area contributed by atoms with Crippen LogP contribution < -0.4 is 5.73 Å². The Morgan fingerprint density at radius 2 is 1.76 bits per heavy atom. The molecule has 0 atom stereocenters. The Balaban J connectivity index is 1.89. The van der Waals surface area contributed by atoms with Gasteiger partial charge >= 0.3 is 0 Å². The van der Waals surface area contributed by atoms with Crippen LogP contribution in [0, 0.1) is 6.92 Å². The molecular weight excluding hydrogens is 328 g/mol. The summed E-state index contributed by atoms with van der Waals surface area (Å²) in [7, 11) is 0. The number of thiophene rings is 1. The number of hydrogen-bond donors (Lipinski definition) is 1. The van der Waals surface area contributed by atoms with Gasteiger partial charge in [0.1, 0.15) is 17.0 Å². The minimum Gasteiger partial charge on any atom is -0.382 e. The maximum Gasteiger partial charge on any atom is 0.144 e. The number of nitrogens with zero attached hydrogens (tertiary/aromatic N) is 3. The highest BCUT2D eigenvalue weighted by Gasteiger charge is 2.23. The molecular formula is C20H18N4S. The molecule has 4 aromatic rings. The van der Waals surface area contributed by atoms with E-state index in [1.165, 1.54) is 40.5 Å². The third-order valence-corrected chi connectivity index (χ3v) is 6.17. The van der Waals surface area contributed by atoms with Crippen molar-refractivity contribution in [2.45, 2.75) is 32.6 Å². The number of aromatic nitrogens is 3. The Bertz CT molecular complexity index is 1110. The van der Waals surface area contributed by atoms with Gasteiger partial charge in [0.15, 0.2) is 0 Å². The molecule has 0 unspecified atom stereocenters. The molecule has 25 heavy (non-hydrogen) atoms. The predicted octanol–water partition coefficient (Wildman–Crippen LogP) is 4.68. The summed E-state index contributed by atoms with van der Waals surface area (Å²) in [5, 5.41) is 1.19. The Morgan fingerprint density at radius 3 is 2.56 bits per heavy atom. The molecule has 1 aliphatic rings. The fraction of sp³-hybridized carbons (Fsp3) is 0.250. The zero-order chi connectivity index (χ0) is 17.0. The van der Waals surface area contributed by atoms with Crippen LogP contribution in [-0.2, 0) is 12.8 Å². The van der Waals surface area contributed by atoms with Crippen molar-refractivity contribution in [3.63, 3.8) is 0 Å². The standard InChI is InChI=1S/C20H18N4S/c1-11-6-8-12(9-7-11)16-14-5-3-2-4-13(14)15-17-18(25-20(15)24-16)19(21)23-10-22-17/h6-10H,2-5H2,1H3,(H2,21,22,23). The van der Waals surface area contributed by atoms with E-state index in [2.05, 4.69) is 41.2 Å². The lowest BCUT2D eigenvalue weighted by Crippen LogP contribution is -2.07. The first-order valence-electron chi connectivity index (χ1n) is 8.64. The molecule has 4 nitrogen and oxygen atoms in total. The normalized spacial score (nSPS) is 14.1. The molecule has 0 bridgehead atoms. The highest BCUT2D eigenvalue weighted by Crippen LogP contribution is 2.42. The Kier molecular flexibility index (Phi) is 3.25. The van der Waals surface area contributed by atoms with Crippen LogP contribution in [0.25, 0.3) is 31.7 Å². The summed E-state index contributed by atoms with van der Waals surface area (Å²) >= 11 is 1.61. The van der Waals surface area contributed by atoms with Crippen molar-refractivity contribution in [2.24, 2.45) is 0 Å². The van der Waals surface area contributed by atoms with Gasteiger partial charge in [0.25, 0.3) is 0 Å². The molecule has 1 aliphatic carbocycles. The molecule has 5 rings (SSSR count). The van der Waals surface area contributed by atoms with Crippen LogP contribution in [0.15, 0.2) is 30.6 Å². The van der Waals surface area contributed by atoms with Gasteiger partial charge in [0.2, 0.25) is 0 Å². The molecule has 3 heterocycles. The first-order valence-corrected chi connectivity index (χ1v) is 9.45. The number of nitrogen functional groups attached to an aromatic ring is 1. The predicted molar refractivity (Wildman–Crippen MR) is 104 cm³/mol. The zero-order valence-corrected chi connectivity index (χ0v) is 14.9. The van der Waals surface area contributed by atoms with E-state index in [1.807, 2.05) is 0 Å². The second-order valence-electron chi connectivity index (χ2n) is 6.71. The molecule has 0 saturated carbocycles. The number of aryl methyl sites for hydroxylation is 2. The molecule has 1 aromatic carbocycles. The van der Waals surface area contributed by atoms with Crippen LogP contribution in [0.1, 0.15) is 29.5 Å². The second kappa shape index (κ2) is 5.49. The summed E-state index contributed by atoms with van der Waals surface area (Å²) in [5.74, 6) is 0.550. The van der Waals surface area contributed by atoms with Gasteiger partial charge in [-0.05, 0) is 43.7 Å².